The Labute approximate surface area is 119 Å². The van der Waals surface area contributed by atoms with Crippen LogP contribution in [0.2, 0.25) is 5.02 Å². The van der Waals surface area contributed by atoms with Crippen LogP contribution in [0.1, 0.15) is 5.56 Å². The van der Waals surface area contributed by atoms with Gasteiger partial charge in [-0.25, -0.2) is 16.3 Å². The number of hydrogen-bond acceptors (Lipinski definition) is 7. The highest BCUT2D eigenvalue weighted by Crippen LogP contribution is 2.07. The minimum absolute atomic E-state index is 0.0639. The first kappa shape index (κ1) is 14.3. The Balaban J connectivity index is 1.69. The van der Waals surface area contributed by atoms with Gasteiger partial charge in [-0.2, -0.15) is 16.2 Å². The average molecular weight is 301 g/mol. The van der Waals surface area contributed by atoms with Crippen molar-refractivity contribution >= 4 is 35.5 Å². The van der Waals surface area contributed by atoms with Gasteiger partial charge in [0.1, 0.15) is 5.50 Å². The topological polar surface area (TPSA) is 89.6 Å². The Bertz CT molecular complexity index is 448. The minimum atomic E-state index is -0.175. The van der Waals surface area contributed by atoms with Gasteiger partial charge < -0.3 is 0 Å². The summed E-state index contributed by atoms with van der Waals surface area (Å²) >= 11 is 7.15. The lowest BCUT2D eigenvalue weighted by molar-refractivity contribution is -0.118. The third-order valence-electron chi connectivity index (χ3n) is 2.12. The van der Waals surface area contributed by atoms with Crippen molar-refractivity contribution in [2.24, 2.45) is 5.10 Å². The van der Waals surface area contributed by atoms with Crippen molar-refractivity contribution in [1.29, 1.82) is 0 Å². The molecule has 1 aromatic carbocycles. The van der Waals surface area contributed by atoms with E-state index < -0.39 is 0 Å². The molecule has 0 aromatic heterocycles. The van der Waals surface area contributed by atoms with E-state index in [0.29, 0.717) is 5.02 Å². The first-order valence-electron chi connectivity index (χ1n) is 5.44. The lowest BCUT2D eigenvalue weighted by Crippen LogP contribution is -2.33. The second-order valence-electron chi connectivity index (χ2n) is 3.57. The standard InChI is InChI=1S/C10H13ClN6OS/c11-8-3-1-7(2-4-8)5-12-13-9(18)6-19-10-14-16-17-15-10/h1-5,10,14-17H,6H2,(H,13,18)/b12-5+. The van der Waals surface area contributed by atoms with Crippen LogP contribution in [0.4, 0.5) is 0 Å². The number of benzene rings is 1. The van der Waals surface area contributed by atoms with Gasteiger partial charge in [0.25, 0.3) is 0 Å². The van der Waals surface area contributed by atoms with Gasteiger partial charge in [0.15, 0.2) is 0 Å². The zero-order chi connectivity index (χ0) is 13.5. The Morgan fingerprint density at radius 3 is 2.74 bits per heavy atom. The summed E-state index contributed by atoms with van der Waals surface area (Å²) in [6.45, 7) is 0. The van der Waals surface area contributed by atoms with Crippen LogP contribution >= 0.6 is 23.4 Å². The van der Waals surface area contributed by atoms with Crippen molar-refractivity contribution in [3.63, 3.8) is 0 Å². The lowest BCUT2D eigenvalue weighted by atomic mass is 10.2. The number of thioether (sulfide) groups is 1. The summed E-state index contributed by atoms with van der Waals surface area (Å²) in [5, 5.41) is 4.53. The molecule has 1 heterocycles. The number of nitrogens with one attached hydrogen (secondary N) is 5. The molecule has 5 N–H and O–H groups in total. The number of halogens is 1. The van der Waals surface area contributed by atoms with E-state index in [1.807, 2.05) is 12.1 Å². The number of hydrazine groups is 3. The van der Waals surface area contributed by atoms with Crippen molar-refractivity contribution in [3.05, 3.63) is 34.9 Å². The summed E-state index contributed by atoms with van der Waals surface area (Å²) in [5.41, 5.74) is 14.3. The molecular formula is C10H13ClN6OS. The smallest absolute Gasteiger partial charge is 0.250 e. The van der Waals surface area contributed by atoms with Crippen LogP contribution in [0, 0.1) is 0 Å². The minimum Gasteiger partial charge on any atom is -0.272 e. The number of amides is 1. The lowest BCUT2D eigenvalue weighted by Gasteiger charge is -2.06. The van der Waals surface area contributed by atoms with Crippen molar-refractivity contribution in [1.82, 2.24) is 27.3 Å². The van der Waals surface area contributed by atoms with Crippen molar-refractivity contribution in [3.8, 4) is 0 Å². The van der Waals surface area contributed by atoms with Gasteiger partial charge in [0, 0.05) is 5.02 Å². The molecule has 0 bridgehead atoms. The van der Waals surface area contributed by atoms with Gasteiger partial charge in [0.05, 0.1) is 12.0 Å². The van der Waals surface area contributed by atoms with E-state index in [-0.39, 0.29) is 17.2 Å². The number of nitrogens with zero attached hydrogens (tertiary/aromatic N) is 1. The molecule has 1 aliphatic rings. The third-order valence-corrected chi connectivity index (χ3v) is 3.37. The maximum atomic E-state index is 11.5. The SMILES string of the molecule is O=C(CSC1NNNN1)N/N=C/c1ccc(Cl)cc1. The maximum absolute atomic E-state index is 11.5. The summed E-state index contributed by atoms with van der Waals surface area (Å²) in [6.07, 6.45) is 1.56. The molecule has 1 aliphatic heterocycles. The van der Waals surface area contributed by atoms with E-state index in [1.54, 1.807) is 18.3 Å². The van der Waals surface area contributed by atoms with E-state index in [9.17, 15) is 4.79 Å². The number of rotatable bonds is 5. The number of hydrogen-bond donors (Lipinski definition) is 5. The number of carbonyl (C=O) groups is 1. The molecule has 0 unspecified atom stereocenters. The van der Waals surface area contributed by atoms with Crippen LogP contribution in [0.15, 0.2) is 29.4 Å². The Hall–Kier alpha value is -1.16. The summed E-state index contributed by atoms with van der Waals surface area (Å²) < 4.78 is 0. The van der Waals surface area contributed by atoms with Gasteiger partial charge in [-0.1, -0.05) is 23.7 Å². The molecule has 0 spiro atoms. The van der Waals surface area contributed by atoms with Crippen molar-refractivity contribution < 1.29 is 4.79 Å². The molecule has 1 saturated heterocycles. The van der Waals surface area contributed by atoms with Crippen molar-refractivity contribution in [2.45, 2.75) is 5.50 Å². The molecule has 0 saturated carbocycles. The van der Waals surface area contributed by atoms with Gasteiger partial charge in [-0.3, -0.25) is 4.79 Å². The molecule has 0 aliphatic carbocycles. The highest BCUT2D eigenvalue weighted by Gasteiger charge is 2.13. The highest BCUT2D eigenvalue weighted by molar-refractivity contribution is 8.00. The second kappa shape index (κ2) is 7.43. The molecule has 7 nitrogen and oxygen atoms in total. The largest absolute Gasteiger partial charge is 0.272 e. The van der Waals surface area contributed by atoms with E-state index in [4.69, 9.17) is 11.6 Å². The van der Waals surface area contributed by atoms with Crippen LogP contribution in [-0.2, 0) is 4.79 Å². The van der Waals surface area contributed by atoms with Crippen LogP contribution < -0.4 is 27.3 Å². The average Bonchev–Trinajstić information content (AvgIpc) is 2.92. The van der Waals surface area contributed by atoms with E-state index in [0.717, 1.165) is 5.56 Å². The fourth-order valence-corrected chi connectivity index (χ4v) is 2.03. The van der Waals surface area contributed by atoms with E-state index >= 15 is 0 Å². The first-order valence-corrected chi connectivity index (χ1v) is 6.87. The fraction of sp³-hybridized carbons (Fsp3) is 0.200. The summed E-state index contributed by atoms with van der Waals surface area (Å²) in [5.74, 6) is 0.108. The van der Waals surface area contributed by atoms with Gasteiger partial charge in [0.2, 0.25) is 5.91 Å². The molecule has 19 heavy (non-hydrogen) atoms. The molecule has 1 aromatic rings. The van der Waals surface area contributed by atoms with Crippen molar-refractivity contribution in [2.75, 3.05) is 5.75 Å². The summed E-state index contributed by atoms with van der Waals surface area (Å²) in [6, 6.07) is 7.16. The quantitative estimate of drug-likeness (QED) is 0.386. The van der Waals surface area contributed by atoms with E-state index in [2.05, 4.69) is 32.4 Å². The second-order valence-corrected chi connectivity index (χ2v) is 5.10. The summed E-state index contributed by atoms with van der Waals surface area (Å²) in [7, 11) is 0. The van der Waals surface area contributed by atoms with Gasteiger partial charge >= 0.3 is 0 Å². The fourth-order valence-electron chi connectivity index (χ4n) is 1.24. The van der Waals surface area contributed by atoms with Gasteiger partial charge in [-0.15, -0.1) is 11.8 Å². The third kappa shape index (κ3) is 5.15. The number of hydrazone groups is 1. The molecular weight excluding hydrogens is 288 g/mol. The van der Waals surface area contributed by atoms with Crippen LogP contribution in [-0.4, -0.2) is 23.4 Å². The normalized spacial score (nSPS) is 16.1. The molecule has 1 fully saturated rings. The first-order chi connectivity index (χ1) is 9.24. The number of carbonyl (C=O) groups excluding carboxylic acids is 1. The van der Waals surface area contributed by atoms with Crippen LogP contribution in [0.5, 0.6) is 0 Å². The zero-order valence-corrected chi connectivity index (χ0v) is 11.4. The molecule has 9 heteroatoms. The van der Waals surface area contributed by atoms with Gasteiger partial charge in [-0.05, 0) is 17.7 Å². The van der Waals surface area contributed by atoms with E-state index in [1.165, 1.54) is 11.8 Å². The predicted molar refractivity (Wildman–Crippen MR) is 76.0 cm³/mol. The predicted octanol–water partition coefficient (Wildman–Crippen LogP) is -0.0761. The Morgan fingerprint density at radius 1 is 1.37 bits per heavy atom. The summed E-state index contributed by atoms with van der Waals surface area (Å²) in [4.78, 5) is 11.5. The molecule has 102 valence electrons. The zero-order valence-electron chi connectivity index (χ0n) is 9.81. The molecule has 0 atom stereocenters. The Morgan fingerprint density at radius 2 is 2.05 bits per heavy atom. The maximum Gasteiger partial charge on any atom is 0.250 e. The highest BCUT2D eigenvalue weighted by atomic mass is 35.5. The van der Waals surface area contributed by atoms with Crippen LogP contribution in [0.3, 0.4) is 0 Å². The Kier molecular flexibility index (Phi) is 5.58. The molecule has 2 rings (SSSR count). The molecule has 0 radical (unpaired) electrons. The molecule has 1 amide bonds. The van der Waals surface area contributed by atoms with Crippen LogP contribution in [0.25, 0.3) is 0 Å². The monoisotopic (exact) mass is 300 g/mol.